The van der Waals surface area contributed by atoms with Crippen LogP contribution in [0.5, 0.6) is 0 Å². The Hall–Kier alpha value is -2.17. The fourth-order valence-electron chi connectivity index (χ4n) is 4.02. The third-order valence-corrected chi connectivity index (χ3v) is 5.37. The highest BCUT2D eigenvalue weighted by molar-refractivity contribution is 5.83. The lowest BCUT2D eigenvalue weighted by molar-refractivity contribution is -0.133. The fraction of sp³-hybridized carbons (Fsp3) is 0.526. The zero-order valence-electron chi connectivity index (χ0n) is 14.4. The maximum atomic E-state index is 13.0. The van der Waals surface area contributed by atoms with Crippen molar-refractivity contribution in [3.63, 3.8) is 0 Å². The summed E-state index contributed by atoms with van der Waals surface area (Å²) >= 11 is 0. The van der Waals surface area contributed by atoms with Crippen LogP contribution in [0.3, 0.4) is 0 Å². The Kier molecular flexibility index (Phi) is 3.87. The highest BCUT2D eigenvalue weighted by Gasteiger charge is 2.47. The number of nitrogens with zero attached hydrogens (tertiary/aromatic N) is 4. The molecule has 0 spiro atoms. The average molecular weight is 324 g/mol. The molecule has 3 unspecified atom stereocenters. The SMILES string of the molecule is Cc1cc(C)n(CC2CCCN2C(=O)C2CC2c2cccnc2)n1. The second-order valence-electron chi connectivity index (χ2n) is 7.17. The summed E-state index contributed by atoms with van der Waals surface area (Å²) in [5.41, 5.74) is 3.42. The molecule has 126 valence electrons. The Morgan fingerprint density at radius 1 is 1.38 bits per heavy atom. The molecule has 1 aliphatic heterocycles. The van der Waals surface area contributed by atoms with Gasteiger partial charge in [0.2, 0.25) is 5.91 Å². The van der Waals surface area contributed by atoms with Gasteiger partial charge in [0, 0.05) is 30.6 Å². The number of aryl methyl sites for hydroxylation is 2. The van der Waals surface area contributed by atoms with Crippen LogP contribution in [-0.2, 0) is 11.3 Å². The van der Waals surface area contributed by atoms with Crippen LogP contribution < -0.4 is 0 Å². The summed E-state index contributed by atoms with van der Waals surface area (Å²) in [6.07, 6.45) is 6.82. The Morgan fingerprint density at radius 2 is 2.25 bits per heavy atom. The minimum absolute atomic E-state index is 0.148. The third kappa shape index (κ3) is 2.83. The van der Waals surface area contributed by atoms with Gasteiger partial charge in [0.05, 0.1) is 18.3 Å². The topological polar surface area (TPSA) is 51.0 Å². The number of carbonyl (C=O) groups is 1. The molecule has 24 heavy (non-hydrogen) atoms. The number of amides is 1. The number of hydrogen-bond acceptors (Lipinski definition) is 3. The van der Waals surface area contributed by atoms with Crippen molar-refractivity contribution in [2.24, 2.45) is 5.92 Å². The van der Waals surface area contributed by atoms with E-state index >= 15 is 0 Å². The Bertz CT molecular complexity index is 739. The second kappa shape index (κ2) is 6.04. The van der Waals surface area contributed by atoms with E-state index in [0.717, 1.165) is 38.0 Å². The zero-order chi connectivity index (χ0) is 16.7. The smallest absolute Gasteiger partial charge is 0.226 e. The summed E-state index contributed by atoms with van der Waals surface area (Å²) in [6, 6.07) is 6.42. The van der Waals surface area contributed by atoms with Crippen LogP contribution in [0.4, 0.5) is 0 Å². The first-order valence-electron chi connectivity index (χ1n) is 8.85. The molecule has 0 N–H and O–H groups in total. The predicted molar refractivity (Wildman–Crippen MR) is 91.5 cm³/mol. The summed E-state index contributed by atoms with van der Waals surface area (Å²) in [4.78, 5) is 19.3. The van der Waals surface area contributed by atoms with Crippen molar-refractivity contribution in [3.05, 3.63) is 47.5 Å². The van der Waals surface area contributed by atoms with Gasteiger partial charge in [-0.15, -0.1) is 0 Å². The van der Waals surface area contributed by atoms with Crippen LogP contribution >= 0.6 is 0 Å². The summed E-state index contributed by atoms with van der Waals surface area (Å²) in [5.74, 6) is 0.837. The lowest BCUT2D eigenvalue weighted by Gasteiger charge is -2.25. The summed E-state index contributed by atoms with van der Waals surface area (Å²) in [5, 5.41) is 4.56. The van der Waals surface area contributed by atoms with Gasteiger partial charge < -0.3 is 4.90 Å². The first-order valence-corrected chi connectivity index (χ1v) is 8.85. The van der Waals surface area contributed by atoms with Crippen LogP contribution in [0, 0.1) is 19.8 Å². The normalized spacial score (nSPS) is 25.9. The molecule has 1 amide bonds. The molecular weight excluding hydrogens is 300 g/mol. The van der Waals surface area contributed by atoms with Crippen molar-refractivity contribution in [3.8, 4) is 0 Å². The van der Waals surface area contributed by atoms with Crippen molar-refractivity contribution < 1.29 is 4.79 Å². The molecule has 1 saturated heterocycles. The monoisotopic (exact) mass is 324 g/mol. The third-order valence-electron chi connectivity index (χ3n) is 5.37. The first-order chi connectivity index (χ1) is 11.6. The van der Waals surface area contributed by atoms with Crippen molar-refractivity contribution >= 4 is 5.91 Å². The van der Waals surface area contributed by atoms with E-state index < -0.39 is 0 Å². The van der Waals surface area contributed by atoms with E-state index in [4.69, 9.17) is 0 Å². The highest BCUT2D eigenvalue weighted by atomic mass is 16.2. The van der Waals surface area contributed by atoms with E-state index in [9.17, 15) is 4.79 Å². The van der Waals surface area contributed by atoms with Crippen LogP contribution in [-0.4, -0.2) is 38.2 Å². The molecule has 0 aromatic carbocycles. The standard InChI is InChI=1S/C19H24N4O/c1-13-9-14(2)23(21-13)12-16-6-4-8-22(16)19(24)18-10-17(18)15-5-3-7-20-11-15/h3,5,7,9,11,16-18H,4,6,8,10,12H2,1-2H3. The molecule has 0 bridgehead atoms. The summed E-state index contributed by atoms with van der Waals surface area (Å²) in [7, 11) is 0. The first kappa shape index (κ1) is 15.4. The molecule has 4 rings (SSSR count). The number of carbonyl (C=O) groups excluding carboxylic acids is 1. The molecule has 5 heteroatoms. The van der Waals surface area contributed by atoms with E-state index in [1.165, 1.54) is 11.3 Å². The molecule has 2 aromatic heterocycles. The average Bonchev–Trinajstić information content (AvgIpc) is 3.15. The molecule has 0 radical (unpaired) electrons. The minimum atomic E-state index is 0.148. The predicted octanol–water partition coefficient (Wildman–Crippen LogP) is 2.69. The number of hydrogen-bond donors (Lipinski definition) is 0. The lowest BCUT2D eigenvalue weighted by atomic mass is 10.1. The second-order valence-corrected chi connectivity index (χ2v) is 7.17. The van der Waals surface area contributed by atoms with Gasteiger partial charge in [0.25, 0.3) is 0 Å². The number of pyridine rings is 1. The zero-order valence-corrected chi connectivity index (χ0v) is 14.4. The number of likely N-dealkylation sites (tertiary alicyclic amines) is 1. The Labute approximate surface area is 142 Å². The minimum Gasteiger partial charge on any atom is -0.338 e. The van der Waals surface area contributed by atoms with Gasteiger partial charge in [-0.05, 0) is 56.7 Å². The molecule has 5 nitrogen and oxygen atoms in total. The van der Waals surface area contributed by atoms with Crippen molar-refractivity contribution in [1.29, 1.82) is 0 Å². The quantitative estimate of drug-likeness (QED) is 0.869. The summed E-state index contributed by atoms with van der Waals surface area (Å²) in [6.45, 7) is 5.80. The maximum absolute atomic E-state index is 13.0. The van der Waals surface area contributed by atoms with Crippen LogP contribution in [0.25, 0.3) is 0 Å². The van der Waals surface area contributed by atoms with Gasteiger partial charge in [0.1, 0.15) is 0 Å². The van der Waals surface area contributed by atoms with E-state index in [0.29, 0.717) is 11.8 Å². The van der Waals surface area contributed by atoms with Crippen LogP contribution in [0.2, 0.25) is 0 Å². The molecule has 2 aliphatic rings. The van der Waals surface area contributed by atoms with Crippen molar-refractivity contribution in [1.82, 2.24) is 19.7 Å². The van der Waals surface area contributed by atoms with Gasteiger partial charge in [-0.1, -0.05) is 6.07 Å². The van der Waals surface area contributed by atoms with Gasteiger partial charge in [-0.3, -0.25) is 14.5 Å². The highest BCUT2D eigenvalue weighted by Crippen LogP contribution is 2.48. The van der Waals surface area contributed by atoms with E-state index in [1.807, 2.05) is 19.2 Å². The van der Waals surface area contributed by atoms with Gasteiger partial charge in [-0.2, -0.15) is 5.10 Å². The fourth-order valence-corrected chi connectivity index (χ4v) is 4.02. The summed E-state index contributed by atoms with van der Waals surface area (Å²) < 4.78 is 2.05. The Balaban J connectivity index is 1.44. The van der Waals surface area contributed by atoms with Crippen molar-refractivity contribution in [2.45, 2.75) is 51.6 Å². The van der Waals surface area contributed by atoms with Crippen LogP contribution in [0.1, 0.15) is 42.1 Å². The number of aromatic nitrogens is 3. The van der Waals surface area contributed by atoms with Crippen LogP contribution in [0.15, 0.2) is 30.6 Å². The van der Waals surface area contributed by atoms with E-state index in [1.54, 1.807) is 6.20 Å². The molecular formula is C19H24N4O. The number of rotatable bonds is 4. The molecule has 1 aliphatic carbocycles. The molecule has 2 aromatic rings. The lowest BCUT2D eigenvalue weighted by Crippen LogP contribution is -2.39. The largest absolute Gasteiger partial charge is 0.338 e. The molecule has 3 atom stereocenters. The van der Waals surface area contributed by atoms with Gasteiger partial charge in [0.15, 0.2) is 0 Å². The molecule has 1 saturated carbocycles. The van der Waals surface area contributed by atoms with E-state index in [-0.39, 0.29) is 12.0 Å². The van der Waals surface area contributed by atoms with Gasteiger partial charge in [-0.25, -0.2) is 0 Å². The molecule has 2 fully saturated rings. The van der Waals surface area contributed by atoms with Crippen molar-refractivity contribution in [2.75, 3.05) is 6.54 Å². The Morgan fingerprint density at radius 3 is 2.96 bits per heavy atom. The van der Waals surface area contributed by atoms with Gasteiger partial charge >= 0.3 is 0 Å². The maximum Gasteiger partial charge on any atom is 0.226 e. The van der Waals surface area contributed by atoms with E-state index in [2.05, 4.69) is 38.7 Å². The molecule has 3 heterocycles.